The Bertz CT molecular complexity index is 163. The summed E-state index contributed by atoms with van der Waals surface area (Å²) in [5.41, 5.74) is 0. The Balaban J connectivity index is 4.25. The van der Waals surface area contributed by atoms with Gasteiger partial charge in [-0.15, -0.1) is 0 Å². The minimum atomic E-state index is -0.672. The monoisotopic (exact) mass is 282 g/mol. The van der Waals surface area contributed by atoms with Gasteiger partial charge in [0.25, 0.3) is 0 Å². The Kier molecular flexibility index (Phi) is 4.59. The molecular formula is C8H16BIO2. The maximum atomic E-state index is 10.8. The number of rotatable bonds is 4. The summed E-state index contributed by atoms with van der Waals surface area (Å²) in [6.07, 6.45) is 0.737. The highest BCUT2D eigenvalue weighted by Crippen LogP contribution is 2.31. The lowest BCUT2D eigenvalue weighted by atomic mass is 9.75. The Morgan fingerprint density at radius 1 is 1.67 bits per heavy atom. The number of alkyl halides is 1. The molecular weight excluding hydrogens is 266 g/mol. The van der Waals surface area contributed by atoms with E-state index in [0.717, 1.165) is 6.42 Å². The molecule has 12 heavy (non-hydrogen) atoms. The van der Waals surface area contributed by atoms with Crippen LogP contribution in [0.15, 0.2) is 0 Å². The van der Waals surface area contributed by atoms with Crippen molar-refractivity contribution in [3.63, 3.8) is 0 Å². The topological polar surface area (TPSA) is 37.3 Å². The molecule has 0 aliphatic heterocycles. The third-order valence-corrected chi connectivity index (χ3v) is 2.27. The molecule has 0 bridgehead atoms. The summed E-state index contributed by atoms with van der Waals surface area (Å²) in [5, 5.41) is 8.90. The first-order valence-corrected chi connectivity index (χ1v) is 5.23. The summed E-state index contributed by atoms with van der Waals surface area (Å²) in [6, 6.07) is 0. The van der Waals surface area contributed by atoms with E-state index >= 15 is 0 Å². The average molecular weight is 282 g/mol. The van der Waals surface area contributed by atoms with Gasteiger partial charge in [0, 0.05) is 3.42 Å². The molecule has 2 nitrogen and oxygen atoms in total. The minimum absolute atomic E-state index is 0.0745. The highest BCUT2D eigenvalue weighted by atomic mass is 127. The lowest BCUT2D eigenvalue weighted by Gasteiger charge is -2.24. The normalized spacial score (nSPS) is 17.0. The number of carbonyl (C=O) groups is 1. The van der Waals surface area contributed by atoms with Gasteiger partial charge in [0.15, 0.2) is 0 Å². The van der Waals surface area contributed by atoms with Gasteiger partial charge in [-0.3, -0.25) is 4.79 Å². The first-order valence-electron chi connectivity index (χ1n) is 4.16. The van der Waals surface area contributed by atoms with Crippen molar-refractivity contribution in [1.29, 1.82) is 0 Å². The standard InChI is InChI=1S/C8H16BIO2/c1-5(9)6(7(11)12)4-8(2,3)10/h5-6H,4,9H2,1-3H3,(H,11,12). The fourth-order valence-electron chi connectivity index (χ4n) is 1.13. The third kappa shape index (κ3) is 5.01. The van der Waals surface area contributed by atoms with Crippen molar-refractivity contribution >= 4 is 36.4 Å². The van der Waals surface area contributed by atoms with Crippen LogP contribution in [0, 0.1) is 5.92 Å². The van der Waals surface area contributed by atoms with Gasteiger partial charge in [-0.25, -0.2) is 0 Å². The Morgan fingerprint density at radius 3 is 2.17 bits per heavy atom. The van der Waals surface area contributed by atoms with E-state index in [4.69, 9.17) is 5.11 Å². The Labute approximate surface area is 88.7 Å². The van der Waals surface area contributed by atoms with Crippen molar-refractivity contribution < 1.29 is 9.90 Å². The van der Waals surface area contributed by atoms with Crippen molar-refractivity contribution in [1.82, 2.24) is 0 Å². The third-order valence-electron chi connectivity index (χ3n) is 1.83. The number of carboxylic acids is 1. The van der Waals surface area contributed by atoms with Gasteiger partial charge in [-0.1, -0.05) is 49.2 Å². The number of carboxylic acid groups (broad SMARTS) is 1. The van der Waals surface area contributed by atoms with Gasteiger partial charge in [0.1, 0.15) is 7.85 Å². The van der Waals surface area contributed by atoms with Crippen LogP contribution in [-0.2, 0) is 4.79 Å². The molecule has 0 saturated heterocycles. The first kappa shape index (κ1) is 12.3. The van der Waals surface area contributed by atoms with Crippen LogP contribution in [-0.4, -0.2) is 22.3 Å². The van der Waals surface area contributed by atoms with E-state index in [2.05, 4.69) is 36.4 Å². The Hall–Kier alpha value is 0.265. The van der Waals surface area contributed by atoms with Crippen LogP contribution in [0.25, 0.3) is 0 Å². The SMILES string of the molecule is BC(C)C(CC(C)(C)I)C(=O)O. The molecule has 1 N–H and O–H groups in total. The van der Waals surface area contributed by atoms with Crippen molar-refractivity contribution in [3.05, 3.63) is 0 Å². The van der Waals surface area contributed by atoms with Gasteiger partial charge in [-0.05, 0) is 6.42 Å². The molecule has 0 aromatic heterocycles. The van der Waals surface area contributed by atoms with Gasteiger partial charge in [-0.2, -0.15) is 0 Å². The predicted octanol–water partition coefficient (Wildman–Crippen LogP) is 1.73. The van der Waals surface area contributed by atoms with Crippen LogP contribution in [0.1, 0.15) is 27.2 Å². The molecule has 0 amide bonds. The lowest BCUT2D eigenvalue weighted by Crippen LogP contribution is -2.25. The second kappa shape index (κ2) is 4.49. The largest absolute Gasteiger partial charge is 0.481 e. The number of hydrogen-bond acceptors (Lipinski definition) is 1. The molecule has 0 aromatic carbocycles. The van der Waals surface area contributed by atoms with Crippen LogP contribution < -0.4 is 0 Å². The van der Waals surface area contributed by atoms with Gasteiger partial charge in [0.05, 0.1) is 5.92 Å². The summed E-state index contributed by atoms with van der Waals surface area (Å²) in [7, 11) is 1.96. The smallest absolute Gasteiger partial charge is 0.306 e. The van der Waals surface area contributed by atoms with E-state index in [9.17, 15) is 4.79 Å². The predicted molar refractivity (Wildman–Crippen MR) is 61.8 cm³/mol. The molecule has 0 rings (SSSR count). The molecule has 0 spiro atoms. The highest BCUT2D eigenvalue weighted by molar-refractivity contribution is 14.1. The van der Waals surface area contributed by atoms with Crippen LogP contribution >= 0.6 is 22.6 Å². The van der Waals surface area contributed by atoms with E-state index < -0.39 is 5.97 Å². The first-order chi connectivity index (χ1) is 5.24. The summed E-state index contributed by atoms with van der Waals surface area (Å²) >= 11 is 2.30. The molecule has 0 saturated carbocycles. The molecule has 0 heterocycles. The van der Waals surface area contributed by atoms with Crippen LogP contribution in [0.3, 0.4) is 0 Å². The fourth-order valence-corrected chi connectivity index (χ4v) is 1.61. The second-order valence-corrected chi connectivity index (χ2v) is 7.03. The maximum Gasteiger partial charge on any atom is 0.306 e. The fraction of sp³-hybridized carbons (Fsp3) is 0.875. The summed E-state index contributed by atoms with van der Waals surface area (Å²) in [6.45, 7) is 6.08. The summed E-state index contributed by atoms with van der Waals surface area (Å²) < 4.78 is 0.0745. The van der Waals surface area contributed by atoms with E-state index in [1.807, 2.05) is 14.8 Å². The van der Waals surface area contributed by atoms with Gasteiger partial charge >= 0.3 is 5.97 Å². The quantitative estimate of drug-likeness (QED) is 0.484. The van der Waals surface area contributed by atoms with Crippen LogP contribution in [0.4, 0.5) is 0 Å². The Morgan fingerprint density at radius 2 is 2.08 bits per heavy atom. The van der Waals surface area contributed by atoms with Crippen molar-refractivity contribution in [2.75, 3.05) is 0 Å². The van der Waals surface area contributed by atoms with Crippen molar-refractivity contribution in [2.45, 2.75) is 36.4 Å². The molecule has 0 aromatic rings. The van der Waals surface area contributed by atoms with Gasteiger partial charge < -0.3 is 5.11 Å². The number of aliphatic carboxylic acids is 1. The zero-order valence-corrected chi connectivity index (χ0v) is 10.3. The molecule has 0 radical (unpaired) electrons. The summed E-state index contributed by atoms with van der Waals surface area (Å²) in [5.74, 6) is -0.664. The molecule has 4 heteroatoms. The number of halogens is 1. The minimum Gasteiger partial charge on any atom is -0.481 e. The second-order valence-electron chi connectivity index (χ2n) is 4.11. The van der Waals surface area contributed by atoms with Crippen LogP contribution in [0.5, 0.6) is 0 Å². The van der Waals surface area contributed by atoms with E-state index in [1.54, 1.807) is 0 Å². The lowest BCUT2D eigenvalue weighted by molar-refractivity contribution is -0.142. The van der Waals surface area contributed by atoms with Gasteiger partial charge in [0.2, 0.25) is 0 Å². The zero-order chi connectivity index (χ0) is 9.94. The molecule has 0 aliphatic rings. The average Bonchev–Trinajstić information content (AvgIpc) is 1.79. The molecule has 2 unspecified atom stereocenters. The number of hydrogen-bond donors (Lipinski definition) is 1. The van der Waals surface area contributed by atoms with Crippen molar-refractivity contribution in [2.24, 2.45) is 5.92 Å². The molecule has 2 atom stereocenters. The van der Waals surface area contributed by atoms with Crippen molar-refractivity contribution in [3.8, 4) is 0 Å². The zero-order valence-electron chi connectivity index (χ0n) is 8.10. The molecule has 0 aliphatic carbocycles. The highest BCUT2D eigenvalue weighted by Gasteiger charge is 2.27. The summed E-state index contributed by atoms with van der Waals surface area (Å²) in [4.78, 5) is 10.8. The molecule has 70 valence electrons. The van der Waals surface area contributed by atoms with E-state index in [1.165, 1.54) is 0 Å². The maximum absolute atomic E-state index is 10.8. The van der Waals surface area contributed by atoms with E-state index in [0.29, 0.717) is 0 Å². The van der Waals surface area contributed by atoms with Crippen LogP contribution in [0.2, 0.25) is 5.82 Å². The molecule has 0 fully saturated rings. The van der Waals surface area contributed by atoms with E-state index in [-0.39, 0.29) is 15.2 Å².